The van der Waals surface area contributed by atoms with Crippen molar-refractivity contribution in [3.8, 4) is 16.9 Å². The number of rotatable bonds is 12. The van der Waals surface area contributed by atoms with Crippen molar-refractivity contribution < 1.29 is 18.7 Å². The van der Waals surface area contributed by atoms with Gasteiger partial charge in [-0.2, -0.15) is 0 Å². The third-order valence-electron chi connectivity index (χ3n) is 5.68. The van der Waals surface area contributed by atoms with E-state index in [0.29, 0.717) is 30.3 Å². The predicted molar refractivity (Wildman–Crippen MR) is 144 cm³/mol. The largest absolute Gasteiger partial charge is 0.496 e. The number of carbonyl (C=O) groups is 2. The highest BCUT2D eigenvalue weighted by Gasteiger charge is 2.23. The van der Waals surface area contributed by atoms with Gasteiger partial charge in [-0.15, -0.1) is 0 Å². The van der Waals surface area contributed by atoms with E-state index in [-0.39, 0.29) is 23.7 Å². The highest BCUT2D eigenvalue weighted by molar-refractivity contribution is 6.30. The number of amidine groups is 1. The van der Waals surface area contributed by atoms with Gasteiger partial charge in [-0.3, -0.25) is 15.0 Å². The molecule has 0 aliphatic rings. The van der Waals surface area contributed by atoms with Crippen LogP contribution in [-0.2, 0) is 11.3 Å². The molecule has 194 valence electrons. The number of carbonyl (C=O) groups excluding carboxylic acids is 2. The van der Waals surface area contributed by atoms with Gasteiger partial charge in [0.15, 0.2) is 0 Å². The van der Waals surface area contributed by atoms with E-state index in [2.05, 4.69) is 16.0 Å². The third-order valence-corrected chi connectivity index (χ3v) is 5.91. The molecule has 0 aliphatic carbocycles. The van der Waals surface area contributed by atoms with Crippen molar-refractivity contribution in [3.05, 3.63) is 88.9 Å². The van der Waals surface area contributed by atoms with Crippen LogP contribution in [0.15, 0.2) is 72.8 Å². The van der Waals surface area contributed by atoms with Crippen LogP contribution in [0.5, 0.6) is 5.75 Å². The zero-order valence-electron chi connectivity index (χ0n) is 20.5. The quantitative estimate of drug-likeness (QED) is 0.156. The van der Waals surface area contributed by atoms with E-state index in [1.54, 1.807) is 24.3 Å². The van der Waals surface area contributed by atoms with Crippen molar-refractivity contribution in [1.82, 2.24) is 16.0 Å². The summed E-state index contributed by atoms with van der Waals surface area (Å²) in [6, 6.07) is 21.1. The van der Waals surface area contributed by atoms with Crippen LogP contribution in [0.25, 0.3) is 11.1 Å². The second-order valence-electron chi connectivity index (χ2n) is 8.34. The number of amides is 2. The van der Waals surface area contributed by atoms with E-state index in [9.17, 15) is 14.0 Å². The van der Waals surface area contributed by atoms with Crippen molar-refractivity contribution in [2.75, 3.05) is 20.3 Å². The number of nitrogens with one attached hydrogen (secondary N) is 4. The Morgan fingerprint density at radius 3 is 2.46 bits per heavy atom. The van der Waals surface area contributed by atoms with Gasteiger partial charge in [0.25, 0.3) is 5.91 Å². The summed E-state index contributed by atoms with van der Waals surface area (Å²) in [5, 5.41) is 16.3. The molecule has 7 nitrogen and oxygen atoms in total. The summed E-state index contributed by atoms with van der Waals surface area (Å²) < 4.78 is 18.0. The normalized spacial score (nSPS) is 11.3. The number of benzene rings is 3. The third kappa shape index (κ3) is 8.32. The molecular weight excluding hydrogens is 495 g/mol. The standard InChI is InChI=1S/C28H30ClFN4O3/c1-37-25-13-12-21(20-9-5-10-22(29)15-20)16-23(25)27(35)34-24(11-6-14-32-26(31)17-30)28(36)33-18-19-7-3-2-4-8-19/h2-5,7-10,12-13,15-16,24H,6,11,14,17-18H2,1H3,(H2,31,32)(H,33,36)(H,34,35). The highest BCUT2D eigenvalue weighted by Crippen LogP contribution is 2.28. The molecule has 1 atom stereocenters. The maximum Gasteiger partial charge on any atom is 0.255 e. The number of hydrogen-bond acceptors (Lipinski definition) is 4. The Balaban J connectivity index is 1.77. The van der Waals surface area contributed by atoms with E-state index in [1.165, 1.54) is 7.11 Å². The first-order valence-corrected chi connectivity index (χ1v) is 12.2. The maximum absolute atomic E-state index is 13.4. The van der Waals surface area contributed by atoms with Crippen LogP contribution in [0, 0.1) is 5.41 Å². The van der Waals surface area contributed by atoms with E-state index in [1.807, 2.05) is 48.5 Å². The van der Waals surface area contributed by atoms with Gasteiger partial charge >= 0.3 is 0 Å². The Bertz CT molecular complexity index is 1220. The summed E-state index contributed by atoms with van der Waals surface area (Å²) in [7, 11) is 1.47. The van der Waals surface area contributed by atoms with E-state index in [0.717, 1.165) is 16.7 Å². The van der Waals surface area contributed by atoms with E-state index in [4.69, 9.17) is 21.7 Å². The molecule has 0 radical (unpaired) electrons. The van der Waals surface area contributed by atoms with Crippen molar-refractivity contribution in [2.45, 2.75) is 25.4 Å². The molecule has 0 aliphatic heterocycles. The molecule has 0 spiro atoms. The van der Waals surface area contributed by atoms with Gasteiger partial charge < -0.3 is 20.7 Å². The van der Waals surface area contributed by atoms with Crippen molar-refractivity contribution in [1.29, 1.82) is 5.41 Å². The first kappa shape index (κ1) is 27.7. The van der Waals surface area contributed by atoms with Gasteiger partial charge in [-0.25, -0.2) is 4.39 Å². The second-order valence-corrected chi connectivity index (χ2v) is 8.77. The van der Waals surface area contributed by atoms with E-state index >= 15 is 0 Å². The number of halogens is 2. The Labute approximate surface area is 220 Å². The molecule has 3 aromatic carbocycles. The molecule has 3 rings (SSSR count). The van der Waals surface area contributed by atoms with Crippen molar-refractivity contribution in [3.63, 3.8) is 0 Å². The minimum absolute atomic E-state index is 0.225. The summed E-state index contributed by atoms with van der Waals surface area (Å²) >= 11 is 6.13. The molecule has 37 heavy (non-hydrogen) atoms. The van der Waals surface area contributed by atoms with Crippen LogP contribution in [-0.4, -0.2) is 44.0 Å². The van der Waals surface area contributed by atoms with Crippen molar-refractivity contribution in [2.24, 2.45) is 0 Å². The minimum atomic E-state index is -0.888. The Morgan fingerprint density at radius 2 is 1.76 bits per heavy atom. The minimum Gasteiger partial charge on any atom is -0.496 e. The number of hydrogen-bond donors (Lipinski definition) is 4. The molecule has 2 amide bonds. The molecule has 4 N–H and O–H groups in total. The molecule has 0 saturated carbocycles. The molecule has 9 heteroatoms. The zero-order valence-corrected chi connectivity index (χ0v) is 21.3. The summed E-state index contributed by atoms with van der Waals surface area (Å²) in [4.78, 5) is 26.4. The average Bonchev–Trinajstić information content (AvgIpc) is 2.93. The first-order valence-electron chi connectivity index (χ1n) is 11.8. The fourth-order valence-corrected chi connectivity index (χ4v) is 3.93. The number of methoxy groups -OCH3 is 1. The fourth-order valence-electron chi connectivity index (χ4n) is 3.74. The Hall–Kier alpha value is -3.91. The van der Waals surface area contributed by atoms with Crippen LogP contribution in [0.1, 0.15) is 28.8 Å². The lowest BCUT2D eigenvalue weighted by atomic mass is 10.0. The lowest BCUT2D eigenvalue weighted by Crippen LogP contribution is -2.47. The summed E-state index contributed by atoms with van der Waals surface area (Å²) in [5.74, 6) is -0.672. The molecule has 3 aromatic rings. The fraction of sp³-hybridized carbons (Fsp3) is 0.250. The van der Waals surface area contributed by atoms with Crippen LogP contribution < -0.4 is 20.7 Å². The zero-order chi connectivity index (χ0) is 26.6. The predicted octanol–water partition coefficient (Wildman–Crippen LogP) is 4.75. The van der Waals surface area contributed by atoms with Gasteiger partial charge in [-0.05, 0) is 53.8 Å². The average molecular weight is 525 g/mol. The topological polar surface area (TPSA) is 103 Å². The molecule has 1 unspecified atom stereocenters. The highest BCUT2D eigenvalue weighted by atomic mass is 35.5. The monoisotopic (exact) mass is 524 g/mol. The van der Waals surface area contributed by atoms with Crippen LogP contribution in [0.3, 0.4) is 0 Å². The number of alkyl halides is 1. The summed E-state index contributed by atoms with van der Waals surface area (Å²) in [6.07, 6.45) is 0.723. The lowest BCUT2D eigenvalue weighted by molar-refractivity contribution is -0.123. The summed E-state index contributed by atoms with van der Waals surface area (Å²) in [6.45, 7) is -0.278. The van der Waals surface area contributed by atoms with Crippen LogP contribution in [0.4, 0.5) is 4.39 Å². The van der Waals surface area contributed by atoms with Crippen LogP contribution >= 0.6 is 11.6 Å². The smallest absolute Gasteiger partial charge is 0.255 e. The molecule has 0 heterocycles. The molecule has 0 saturated heterocycles. The van der Waals surface area contributed by atoms with Gasteiger partial charge in [0, 0.05) is 18.1 Å². The van der Waals surface area contributed by atoms with E-state index < -0.39 is 18.6 Å². The lowest BCUT2D eigenvalue weighted by Gasteiger charge is -2.20. The van der Waals surface area contributed by atoms with Gasteiger partial charge in [0.1, 0.15) is 24.3 Å². The Morgan fingerprint density at radius 1 is 1.00 bits per heavy atom. The number of ether oxygens (including phenoxy) is 1. The first-order chi connectivity index (χ1) is 17.9. The van der Waals surface area contributed by atoms with Crippen LogP contribution in [0.2, 0.25) is 5.02 Å². The Kier molecular flexibility index (Phi) is 10.5. The van der Waals surface area contributed by atoms with Gasteiger partial charge in [-0.1, -0.05) is 60.1 Å². The molecular formula is C28H30ClFN4O3. The van der Waals surface area contributed by atoms with Gasteiger partial charge in [0.2, 0.25) is 5.91 Å². The van der Waals surface area contributed by atoms with Crippen molar-refractivity contribution >= 4 is 29.3 Å². The maximum atomic E-state index is 13.4. The van der Waals surface area contributed by atoms with Gasteiger partial charge in [0.05, 0.1) is 12.7 Å². The molecule has 0 bridgehead atoms. The summed E-state index contributed by atoms with van der Waals surface area (Å²) in [5.41, 5.74) is 2.81. The second kappa shape index (κ2) is 14.0. The molecule has 0 aromatic heterocycles. The SMILES string of the molecule is COc1ccc(-c2cccc(Cl)c2)cc1C(=O)NC(CCCNC(=N)CF)C(=O)NCc1ccccc1. The molecule has 0 fully saturated rings.